The van der Waals surface area contributed by atoms with E-state index < -0.39 is 22.0 Å². The Balaban J connectivity index is 1.21. The third-order valence-corrected chi connectivity index (χ3v) is 9.33. The van der Waals surface area contributed by atoms with Gasteiger partial charge < -0.3 is 4.74 Å². The summed E-state index contributed by atoms with van der Waals surface area (Å²) >= 11 is 9.43. The Morgan fingerprint density at radius 2 is 1.85 bits per heavy atom. The summed E-state index contributed by atoms with van der Waals surface area (Å²) in [6, 6.07) is 24.9. The molecule has 0 radical (unpaired) electrons. The topological polar surface area (TPSA) is 88.1 Å². The highest BCUT2D eigenvalue weighted by atomic mass is 79.9. The molecule has 39 heavy (non-hydrogen) atoms. The monoisotopic (exact) mass is 625 g/mol. The molecule has 1 saturated heterocycles. The first kappa shape index (κ1) is 27.3. The van der Waals surface area contributed by atoms with Gasteiger partial charge in [-0.25, -0.2) is 13.8 Å². The van der Waals surface area contributed by atoms with Crippen LogP contribution < -0.4 is 10.2 Å². The maximum Gasteiger partial charge on any atom is 0.258 e. The Morgan fingerprint density at radius 3 is 2.64 bits per heavy atom. The van der Waals surface area contributed by atoms with Crippen molar-refractivity contribution in [2.75, 3.05) is 6.54 Å². The molecule has 5 rings (SSSR count). The number of carbonyl (C=O) groups excluding carboxylic acids is 1. The summed E-state index contributed by atoms with van der Waals surface area (Å²) in [6.45, 7) is 0.681. The molecule has 4 aromatic carbocycles. The summed E-state index contributed by atoms with van der Waals surface area (Å²) in [6.07, 6.45) is 2.51. The number of ether oxygens (including phenoxy) is 1. The Hall–Kier alpha value is -3.24. The van der Waals surface area contributed by atoms with Gasteiger partial charge in [-0.05, 0) is 93.1 Å². The molecule has 0 aromatic heterocycles. The molecule has 4 aromatic rings. The Morgan fingerprint density at radius 1 is 1.08 bits per heavy atom. The molecular formula is C29H25BrClN3O4S. The van der Waals surface area contributed by atoms with Gasteiger partial charge in [0.2, 0.25) is 10.0 Å². The van der Waals surface area contributed by atoms with Crippen LogP contribution in [0.4, 0.5) is 0 Å². The molecule has 0 spiro atoms. The number of nitrogens with zero attached hydrogens (tertiary/aromatic N) is 2. The van der Waals surface area contributed by atoms with Crippen LogP contribution >= 0.6 is 27.5 Å². The highest BCUT2D eigenvalue weighted by Gasteiger charge is 2.39. The van der Waals surface area contributed by atoms with Crippen molar-refractivity contribution in [1.82, 2.24) is 9.73 Å². The molecule has 7 nitrogen and oxygen atoms in total. The summed E-state index contributed by atoms with van der Waals surface area (Å²) < 4.78 is 34.2. The smallest absolute Gasteiger partial charge is 0.258 e. The number of benzene rings is 4. The number of sulfonamides is 1. The first-order valence-electron chi connectivity index (χ1n) is 12.3. The van der Waals surface area contributed by atoms with Gasteiger partial charge in [-0.1, -0.05) is 54.1 Å². The lowest BCUT2D eigenvalue weighted by atomic mass is 10.1. The summed E-state index contributed by atoms with van der Waals surface area (Å²) in [4.78, 5) is 12.9. The summed E-state index contributed by atoms with van der Waals surface area (Å²) in [7, 11) is -3.83. The van der Waals surface area contributed by atoms with Gasteiger partial charge in [-0.3, -0.25) is 4.79 Å². The van der Waals surface area contributed by atoms with Crippen LogP contribution in [0.3, 0.4) is 0 Å². The van der Waals surface area contributed by atoms with Crippen molar-refractivity contribution in [2.45, 2.75) is 30.4 Å². The van der Waals surface area contributed by atoms with Gasteiger partial charge in [-0.2, -0.15) is 9.41 Å². The van der Waals surface area contributed by atoms with E-state index in [0.29, 0.717) is 30.2 Å². The lowest BCUT2D eigenvalue weighted by Crippen LogP contribution is -2.44. The summed E-state index contributed by atoms with van der Waals surface area (Å²) in [5.41, 5.74) is 4.31. The lowest BCUT2D eigenvalue weighted by Gasteiger charge is -2.22. The van der Waals surface area contributed by atoms with E-state index in [4.69, 9.17) is 16.3 Å². The van der Waals surface area contributed by atoms with Crippen LogP contribution in [0.1, 0.15) is 24.0 Å². The van der Waals surface area contributed by atoms with Crippen LogP contribution in [0.15, 0.2) is 99.4 Å². The maximum absolute atomic E-state index is 13.1. The van der Waals surface area contributed by atoms with E-state index in [0.717, 1.165) is 26.4 Å². The van der Waals surface area contributed by atoms with Gasteiger partial charge >= 0.3 is 0 Å². The largest absolute Gasteiger partial charge is 0.488 e. The predicted molar refractivity (Wildman–Crippen MR) is 157 cm³/mol. The Labute approximate surface area is 240 Å². The average molecular weight is 627 g/mol. The standard InChI is InChI=1S/C29H25BrClN3O4S/c30-26-17-20(10-15-28(26)38-19-22-7-3-6-21-5-1-2-8-25(21)22)18-32-33-29(35)27-9-4-16-34(27)39(36,37)24-13-11-23(31)12-14-24/h1-3,5-8,10-15,17-18,27H,4,9,16,19H2,(H,33,35)/b32-18-/t27-/m0/s1. The molecule has 10 heteroatoms. The van der Waals surface area contributed by atoms with Crippen molar-refractivity contribution >= 4 is 60.4 Å². The first-order chi connectivity index (χ1) is 18.8. The van der Waals surface area contributed by atoms with Crippen molar-refractivity contribution in [2.24, 2.45) is 5.10 Å². The second kappa shape index (κ2) is 11.9. The zero-order chi connectivity index (χ0) is 27.4. The molecule has 1 atom stereocenters. The molecule has 1 fully saturated rings. The van der Waals surface area contributed by atoms with Gasteiger partial charge in [0.1, 0.15) is 18.4 Å². The van der Waals surface area contributed by atoms with Crippen LogP contribution in [-0.2, 0) is 21.4 Å². The van der Waals surface area contributed by atoms with E-state index in [1.54, 1.807) is 0 Å². The maximum atomic E-state index is 13.1. The fraction of sp³-hybridized carbons (Fsp3) is 0.172. The molecule has 1 aliphatic heterocycles. The second-order valence-electron chi connectivity index (χ2n) is 9.08. The normalized spacial score (nSPS) is 16.1. The van der Waals surface area contributed by atoms with Crippen LogP contribution in [0, 0.1) is 0 Å². The number of hydrogen-bond acceptors (Lipinski definition) is 5. The van der Waals surface area contributed by atoms with E-state index in [9.17, 15) is 13.2 Å². The number of hydrogen-bond donors (Lipinski definition) is 1. The van der Waals surface area contributed by atoms with E-state index in [2.05, 4.69) is 44.7 Å². The number of fused-ring (bicyclic) bond motifs is 1. The van der Waals surface area contributed by atoms with E-state index in [1.165, 1.54) is 34.8 Å². The predicted octanol–water partition coefficient (Wildman–Crippen LogP) is 6.14. The molecule has 1 N–H and O–H groups in total. The van der Waals surface area contributed by atoms with Gasteiger partial charge in [-0.15, -0.1) is 0 Å². The minimum atomic E-state index is -3.83. The van der Waals surface area contributed by atoms with Gasteiger partial charge in [0.05, 0.1) is 15.6 Å². The fourth-order valence-corrected chi connectivity index (χ4v) is 6.86. The molecule has 200 valence electrons. The lowest BCUT2D eigenvalue weighted by molar-refractivity contribution is -0.124. The minimum Gasteiger partial charge on any atom is -0.488 e. The number of halogens is 2. The van der Waals surface area contributed by atoms with E-state index in [1.807, 2.05) is 42.5 Å². The van der Waals surface area contributed by atoms with Crippen molar-refractivity contribution in [3.8, 4) is 5.75 Å². The minimum absolute atomic E-state index is 0.0997. The number of amides is 1. The van der Waals surface area contributed by atoms with Crippen molar-refractivity contribution in [3.05, 3.63) is 106 Å². The highest BCUT2D eigenvalue weighted by molar-refractivity contribution is 9.10. The SMILES string of the molecule is O=C(N/N=C\c1ccc(OCc2cccc3ccccc23)c(Br)c1)[C@@H]1CCCN1S(=O)(=O)c1ccc(Cl)cc1. The third-order valence-electron chi connectivity index (χ3n) is 6.53. The zero-order valence-electron chi connectivity index (χ0n) is 20.8. The summed E-state index contributed by atoms with van der Waals surface area (Å²) in [5.74, 6) is 0.202. The van der Waals surface area contributed by atoms with Gasteiger partial charge in [0, 0.05) is 11.6 Å². The molecule has 1 amide bonds. The third kappa shape index (κ3) is 6.17. The van der Waals surface area contributed by atoms with E-state index >= 15 is 0 Å². The molecular weight excluding hydrogens is 602 g/mol. The second-order valence-corrected chi connectivity index (χ2v) is 12.3. The molecule has 0 unspecified atom stereocenters. The van der Waals surface area contributed by atoms with Crippen LogP contribution in [0.25, 0.3) is 10.8 Å². The average Bonchev–Trinajstić information content (AvgIpc) is 3.44. The number of nitrogens with one attached hydrogen (secondary N) is 1. The van der Waals surface area contributed by atoms with E-state index in [-0.39, 0.29) is 11.4 Å². The summed E-state index contributed by atoms with van der Waals surface area (Å²) in [5, 5.41) is 6.81. The zero-order valence-corrected chi connectivity index (χ0v) is 23.9. The number of carbonyl (C=O) groups is 1. The molecule has 1 aliphatic rings. The molecule has 0 bridgehead atoms. The first-order valence-corrected chi connectivity index (χ1v) is 14.9. The fourth-order valence-electron chi connectivity index (χ4n) is 4.57. The molecule has 0 aliphatic carbocycles. The van der Waals surface area contributed by atoms with Gasteiger partial charge in [0.15, 0.2) is 0 Å². The highest BCUT2D eigenvalue weighted by Crippen LogP contribution is 2.29. The molecule has 1 heterocycles. The number of rotatable bonds is 8. The Bertz CT molecular complexity index is 1640. The van der Waals surface area contributed by atoms with Crippen LogP contribution in [0.2, 0.25) is 5.02 Å². The van der Waals surface area contributed by atoms with Crippen molar-refractivity contribution in [3.63, 3.8) is 0 Å². The van der Waals surface area contributed by atoms with Gasteiger partial charge in [0.25, 0.3) is 5.91 Å². The Kier molecular flexibility index (Phi) is 8.32. The van der Waals surface area contributed by atoms with Crippen LogP contribution in [0.5, 0.6) is 5.75 Å². The number of hydrazone groups is 1. The quantitative estimate of drug-likeness (QED) is 0.188. The molecule has 0 saturated carbocycles. The van der Waals surface area contributed by atoms with Crippen molar-refractivity contribution < 1.29 is 17.9 Å². The van der Waals surface area contributed by atoms with Crippen LogP contribution in [-0.4, -0.2) is 37.4 Å². The van der Waals surface area contributed by atoms with Crippen molar-refractivity contribution in [1.29, 1.82) is 0 Å².